The van der Waals surface area contributed by atoms with Crippen LogP contribution in [0.3, 0.4) is 0 Å². The van der Waals surface area contributed by atoms with Gasteiger partial charge in [0.2, 0.25) is 5.69 Å². The smallest absolute Gasteiger partial charge is 0.216 e. The molecule has 0 saturated carbocycles. The molecule has 3 heteroatoms. The van der Waals surface area contributed by atoms with Gasteiger partial charge in [-0.1, -0.05) is 12.1 Å². The third-order valence-electron chi connectivity index (χ3n) is 4.71. The van der Waals surface area contributed by atoms with Crippen LogP contribution in [0.2, 0.25) is 0 Å². The van der Waals surface area contributed by atoms with Gasteiger partial charge < -0.3 is 4.42 Å². The van der Waals surface area contributed by atoms with Crippen molar-refractivity contribution >= 4 is 21.9 Å². The van der Waals surface area contributed by atoms with E-state index in [2.05, 4.69) is 35.8 Å². The first-order valence-electron chi connectivity index (χ1n) is 7.92. The van der Waals surface area contributed by atoms with Gasteiger partial charge >= 0.3 is 0 Å². The predicted octanol–water partition coefficient (Wildman–Crippen LogP) is 4.57. The average Bonchev–Trinajstić information content (AvgIpc) is 2.95. The minimum Gasteiger partial charge on any atom is -0.455 e. The van der Waals surface area contributed by atoms with Gasteiger partial charge in [-0.05, 0) is 43.2 Å². The second-order valence-corrected chi connectivity index (χ2v) is 6.16. The van der Waals surface area contributed by atoms with Crippen molar-refractivity contribution in [3.05, 3.63) is 65.4 Å². The molecule has 0 atom stereocenters. The van der Waals surface area contributed by atoms with Crippen LogP contribution in [0, 0.1) is 25.2 Å². The van der Waals surface area contributed by atoms with Crippen LogP contribution < -0.4 is 4.57 Å². The minimum absolute atomic E-state index is 0.692. The normalized spacial score (nSPS) is 11.1. The molecule has 0 N–H and O–H groups in total. The predicted molar refractivity (Wildman–Crippen MR) is 94.5 cm³/mol. The number of fused-ring (bicyclic) bond motifs is 3. The molecular weight excluding hydrogens is 296 g/mol. The maximum atomic E-state index is 9.32. The van der Waals surface area contributed by atoms with E-state index in [0.29, 0.717) is 5.56 Å². The lowest BCUT2D eigenvalue weighted by Gasteiger charge is -2.05. The molecule has 0 unspecified atom stereocenters. The van der Waals surface area contributed by atoms with E-state index in [1.165, 1.54) is 5.56 Å². The zero-order valence-corrected chi connectivity index (χ0v) is 13.9. The van der Waals surface area contributed by atoms with E-state index in [1.807, 2.05) is 44.4 Å². The molecule has 0 aliphatic carbocycles. The van der Waals surface area contributed by atoms with E-state index in [9.17, 15) is 5.26 Å². The van der Waals surface area contributed by atoms with Gasteiger partial charge in [0.05, 0.1) is 17.2 Å². The van der Waals surface area contributed by atoms with Crippen molar-refractivity contribution in [2.24, 2.45) is 7.05 Å². The van der Waals surface area contributed by atoms with Crippen LogP contribution in [0.1, 0.15) is 16.7 Å². The summed E-state index contributed by atoms with van der Waals surface area (Å²) in [6.45, 7) is 4.08. The highest BCUT2D eigenvalue weighted by Gasteiger charge is 2.21. The summed E-state index contributed by atoms with van der Waals surface area (Å²) in [5, 5.41) is 11.4. The zero-order valence-electron chi connectivity index (χ0n) is 13.9. The standard InChI is InChI=1S/C21H17N2O/c1-13-7-9-16-20-14(2)15(12-22)8-10-18(20)24-21(16)19(13)17-6-4-5-11-23(17)3/h4-11H,1-3H3/q+1. The number of nitrogens with zero attached hydrogens (tertiary/aromatic N) is 2. The number of aryl methyl sites for hydroxylation is 3. The maximum Gasteiger partial charge on any atom is 0.216 e. The highest BCUT2D eigenvalue weighted by atomic mass is 16.3. The number of nitriles is 1. The molecule has 0 bridgehead atoms. The van der Waals surface area contributed by atoms with E-state index in [-0.39, 0.29) is 0 Å². The Balaban J connectivity index is 2.19. The number of hydrogen-bond acceptors (Lipinski definition) is 2. The van der Waals surface area contributed by atoms with E-state index in [4.69, 9.17) is 4.42 Å². The fourth-order valence-corrected chi connectivity index (χ4v) is 3.42. The molecule has 0 spiro atoms. The van der Waals surface area contributed by atoms with Crippen molar-refractivity contribution in [3.8, 4) is 17.3 Å². The molecule has 3 nitrogen and oxygen atoms in total. The molecule has 4 rings (SSSR count). The van der Waals surface area contributed by atoms with Crippen LogP contribution in [-0.4, -0.2) is 0 Å². The van der Waals surface area contributed by atoms with Crippen LogP contribution in [0.15, 0.2) is 53.1 Å². The van der Waals surface area contributed by atoms with E-state index in [0.717, 1.165) is 38.8 Å². The summed E-state index contributed by atoms with van der Waals surface area (Å²) in [7, 11) is 2.04. The van der Waals surface area contributed by atoms with Gasteiger partial charge in [-0.25, -0.2) is 4.57 Å². The van der Waals surface area contributed by atoms with Gasteiger partial charge in [0.15, 0.2) is 6.20 Å². The van der Waals surface area contributed by atoms with Crippen molar-refractivity contribution in [1.82, 2.24) is 0 Å². The van der Waals surface area contributed by atoms with Crippen LogP contribution >= 0.6 is 0 Å². The molecule has 2 aromatic heterocycles. The van der Waals surface area contributed by atoms with Gasteiger partial charge in [-0.15, -0.1) is 0 Å². The van der Waals surface area contributed by atoms with E-state index < -0.39 is 0 Å². The Morgan fingerprint density at radius 3 is 2.62 bits per heavy atom. The number of hydrogen-bond donors (Lipinski definition) is 0. The third kappa shape index (κ3) is 1.93. The first kappa shape index (κ1) is 14.5. The van der Waals surface area contributed by atoms with Crippen molar-refractivity contribution in [1.29, 1.82) is 5.26 Å². The van der Waals surface area contributed by atoms with Crippen LogP contribution in [-0.2, 0) is 7.05 Å². The molecule has 116 valence electrons. The summed E-state index contributed by atoms with van der Waals surface area (Å²) in [5.74, 6) is 0. The summed E-state index contributed by atoms with van der Waals surface area (Å²) in [6, 6.07) is 16.4. The Labute approximate surface area is 140 Å². The zero-order chi connectivity index (χ0) is 16.8. The first-order chi connectivity index (χ1) is 11.6. The van der Waals surface area contributed by atoms with Crippen LogP contribution in [0.4, 0.5) is 0 Å². The maximum absolute atomic E-state index is 9.32. The minimum atomic E-state index is 0.692. The van der Waals surface area contributed by atoms with Gasteiger partial charge in [0.1, 0.15) is 18.2 Å². The number of aromatic nitrogens is 1. The fourth-order valence-electron chi connectivity index (χ4n) is 3.42. The average molecular weight is 313 g/mol. The first-order valence-corrected chi connectivity index (χ1v) is 7.92. The molecule has 0 radical (unpaired) electrons. The summed E-state index contributed by atoms with van der Waals surface area (Å²) < 4.78 is 8.33. The Kier molecular flexibility index (Phi) is 3.14. The molecule has 0 aliphatic rings. The topological polar surface area (TPSA) is 40.8 Å². The van der Waals surface area contributed by atoms with Crippen LogP contribution in [0.5, 0.6) is 0 Å². The molecular formula is C21H17N2O+. The molecule has 0 fully saturated rings. The van der Waals surface area contributed by atoms with E-state index >= 15 is 0 Å². The van der Waals surface area contributed by atoms with Gasteiger partial charge in [-0.3, -0.25) is 0 Å². The van der Waals surface area contributed by atoms with E-state index in [1.54, 1.807) is 0 Å². The van der Waals surface area contributed by atoms with Gasteiger partial charge in [0.25, 0.3) is 0 Å². The van der Waals surface area contributed by atoms with Crippen LogP contribution in [0.25, 0.3) is 33.2 Å². The van der Waals surface area contributed by atoms with Crippen molar-refractivity contribution in [3.63, 3.8) is 0 Å². The molecule has 0 amide bonds. The Bertz CT molecular complexity index is 1150. The number of benzene rings is 2. The largest absolute Gasteiger partial charge is 0.455 e. The molecule has 2 aromatic carbocycles. The molecule has 0 aliphatic heterocycles. The quantitative estimate of drug-likeness (QED) is 0.483. The van der Waals surface area contributed by atoms with Gasteiger partial charge in [0, 0.05) is 22.9 Å². The SMILES string of the molecule is Cc1ccc2c(oc3ccc(C#N)c(C)c32)c1-c1cccc[n+]1C. The fraction of sp³-hybridized carbons (Fsp3) is 0.143. The van der Waals surface area contributed by atoms with Gasteiger partial charge in [-0.2, -0.15) is 5.26 Å². The third-order valence-corrected chi connectivity index (χ3v) is 4.71. The second kappa shape index (κ2) is 5.21. The number of furan rings is 1. The summed E-state index contributed by atoms with van der Waals surface area (Å²) in [6.07, 6.45) is 2.04. The van der Waals surface area contributed by atoms with Crippen molar-refractivity contribution in [2.75, 3.05) is 0 Å². The molecule has 4 aromatic rings. The lowest BCUT2D eigenvalue weighted by atomic mass is 9.98. The lowest BCUT2D eigenvalue weighted by molar-refractivity contribution is -0.660. The van der Waals surface area contributed by atoms with Crippen molar-refractivity contribution < 1.29 is 8.98 Å². The second-order valence-electron chi connectivity index (χ2n) is 6.16. The number of rotatable bonds is 1. The summed E-state index contributed by atoms with van der Waals surface area (Å²) >= 11 is 0. The Morgan fingerprint density at radius 2 is 1.88 bits per heavy atom. The monoisotopic (exact) mass is 313 g/mol. The summed E-state index contributed by atoms with van der Waals surface area (Å²) in [5.41, 5.74) is 6.75. The summed E-state index contributed by atoms with van der Waals surface area (Å²) in [4.78, 5) is 0. The highest BCUT2D eigenvalue weighted by molar-refractivity contribution is 6.11. The lowest BCUT2D eigenvalue weighted by Crippen LogP contribution is -2.30. The Hall–Kier alpha value is -3.12. The highest BCUT2D eigenvalue weighted by Crippen LogP contribution is 2.38. The molecule has 0 saturated heterocycles. The van der Waals surface area contributed by atoms with Crippen molar-refractivity contribution in [2.45, 2.75) is 13.8 Å². The molecule has 2 heterocycles. The molecule has 24 heavy (non-hydrogen) atoms. The number of pyridine rings is 1. The Morgan fingerprint density at radius 1 is 1.04 bits per heavy atom.